The monoisotopic (exact) mass is 427 g/mol. The molecular weight excluding hydrogens is 415 g/mol. The summed E-state index contributed by atoms with van der Waals surface area (Å²) in [5.41, 5.74) is 1.71. The van der Waals surface area contributed by atoms with Gasteiger partial charge in [-0.05, 0) is 36.4 Å². The average Bonchev–Trinajstić information content (AvgIpc) is 3.09. The normalized spacial score (nSPS) is 11.5. The highest BCUT2D eigenvalue weighted by Crippen LogP contribution is 2.36. The van der Waals surface area contributed by atoms with E-state index in [1.807, 2.05) is 0 Å². The predicted molar refractivity (Wildman–Crippen MR) is 102 cm³/mol. The largest absolute Gasteiger partial charge is 0.417 e. The first-order chi connectivity index (χ1) is 13.1. The standard InChI is InChI=1S/C18H13ClF3N3O2S/c1-25(17(27)10-2-5-14-15(6-10)28-9-23-14)8-16(26)24-11-3-4-13(19)12(7-11)18(20,21)22/h2-7,9H,8H2,1H3,(H,24,26). The third-order valence-electron chi connectivity index (χ3n) is 3.86. The maximum atomic E-state index is 12.9. The maximum absolute atomic E-state index is 12.9. The van der Waals surface area contributed by atoms with Gasteiger partial charge in [-0.15, -0.1) is 11.3 Å². The van der Waals surface area contributed by atoms with E-state index >= 15 is 0 Å². The molecule has 0 radical (unpaired) electrons. The van der Waals surface area contributed by atoms with Crippen molar-refractivity contribution in [2.75, 3.05) is 18.9 Å². The molecule has 0 atom stereocenters. The summed E-state index contributed by atoms with van der Waals surface area (Å²) < 4.78 is 39.5. The number of nitrogens with one attached hydrogen (secondary N) is 1. The van der Waals surface area contributed by atoms with Gasteiger partial charge in [-0.2, -0.15) is 13.2 Å². The Kier molecular flexibility index (Phi) is 5.57. The van der Waals surface area contributed by atoms with Crippen molar-refractivity contribution in [3.63, 3.8) is 0 Å². The van der Waals surface area contributed by atoms with Crippen molar-refractivity contribution >= 4 is 50.7 Å². The van der Waals surface area contributed by atoms with Crippen LogP contribution in [0, 0.1) is 0 Å². The zero-order valence-electron chi connectivity index (χ0n) is 14.4. The van der Waals surface area contributed by atoms with Gasteiger partial charge in [0.25, 0.3) is 5.91 Å². The van der Waals surface area contributed by atoms with E-state index in [2.05, 4.69) is 10.3 Å². The Bertz CT molecular complexity index is 1050. The average molecular weight is 428 g/mol. The summed E-state index contributed by atoms with van der Waals surface area (Å²) in [5, 5.41) is 1.88. The fourth-order valence-electron chi connectivity index (χ4n) is 2.52. The number of amides is 2. The van der Waals surface area contributed by atoms with E-state index in [1.54, 1.807) is 23.7 Å². The summed E-state index contributed by atoms with van der Waals surface area (Å²) in [7, 11) is 1.43. The van der Waals surface area contributed by atoms with Crippen LogP contribution in [-0.4, -0.2) is 35.3 Å². The molecule has 0 aliphatic heterocycles. The van der Waals surface area contributed by atoms with Crippen molar-refractivity contribution in [1.29, 1.82) is 0 Å². The molecular formula is C18H13ClF3N3O2S. The van der Waals surface area contributed by atoms with Crippen LogP contribution in [0.15, 0.2) is 41.9 Å². The van der Waals surface area contributed by atoms with Crippen molar-refractivity contribution in [2.24, 2.45) is 0 Å². The number of halogens is 4. The van der Waals surface area contributed by atoms with Crippen molar-refractivity contribution < 1.29 is 22.8 Å². The molecule has 28 heavy (non-hydrogen) atoms. The van der Waals surface area contributed by atoms with E-state index in [1.165, 1.54) is 29.4 Å². The number of nitrogens with zero attached hydrogens (tertiary/aromatic N) is 2. The van der Waals surface area contributed by atoms with E-state index in [0.29, 0.717) is 5.56 Å². The molecule has 10 heteroatoms. The summed E-state index contributed by atoms with van der Waals surface area (Å²) >= 11 is 6.94. The molecule has 2 amide bonds. The Morgan fingerprint density at radius 1 is 1.21 bits per heavy atom. The first-order valence-electron chi connectivity index (χ1n) is 7.90. The van der Waals surface area contributed by atoms with Crippen LogP contribution in [0.2, 0.25) is 5.02 Å². The minimum absolute atomic E-state index is 0.0614. The lowest BCUT2D eigenvalue weighted by Gasteiger charge is -2.17. The highest BCUT2D eigenvalue weighted by molar-refractivity contribution is 7.16. The van der Waals surface area contributed by atoms with Gasteiger partial charge in [-0.3, -0.25) is 9.59 Å². The van der Waals surface area contributed by atoms with Crippen molar-refractivity contribution in [2.45, 2.75) is 6.18 Å². The Labute approximate surface area is 166 Å². The van der Waals surface area contributed by atoms with Gasteiger partial charge in [0.1, 0.15) is 0 Å². The third kappa shape index (κ3) is 4.42. The molecule has 5 nitrogen and oxygen atoms in total. The second-order valence-corrected chi connectivity index (χ2v) is 7.23. The molecule has 1 N–H and O–H groups in total. The molecule has 0 aliphatic rings. The van der Waals surface area contributed by atoms with Gasteiger partial charge in [0.15, 0.2) is 0 Å². The van der Waals surface area contributed by atoms with Gasteiger partial charge in [0.05, 0.1) is 32.9 Å². The molecule has 0 saturated heterocycles. The van der Waals surface area contributed by atoms with Gasteiger partial charge < -0.3 is 10.2 Å². The quantitative estimate of drug-likeness (QED) is 0.657. The number of alkyl halides is 3. The number of thiazole rings is 1. The highest BCUT2D eigenvalue weighted by atomic mass is 35.5. The highest BCUT2D eigenvalue weighted by Gasteiger charge is 2.33. The second kappa shape index (κ2) is 7.76. The summed E-state index contributed by atoms with van der Waals surface area (Å²) in [6.07, 6.45) is -4.64. The summed E-state index contributed by atoms with van der Waals surface area (Å²) in [6.45, 7) is -0.330. The van der Waals surface area contributed by atoms with Gasteiger partial charge in [0.2, 0.25) is 5.91 Å². The number of fused-ring (bicyclic) bond motifs is 1. The predicted octanol–water partition coefficient (Wildman–Crippen LogP) is 4.68. The van der Waals surface area contributed by atoms with E-state index < -0.39 is 28.6 Å². The first kappa shape index (κ1) is 20.1. The fourth-order valence-corrected chi connectivity index (χ4v) is 3.46. The number of carbonyl (C=O) groups excluding carboxylic acids is 2. The third-order valence-corrected chi connectivity index (χ3v) is 4.98. The molecule has 0 aliphatic carbocycles. The van der Waals surface area contributed by atoms with Crippen LogP contribution < -0.4 is 5.32 Å². The number of hydrogen-bond acceptors (Lipinski definition) is 4. The molecule has 3 aromatic rings. The zero-order valence-corrected chi connectivity index (χ0v) is 16.0. The van der Waals surface area contributed by atoms with Crippen LogP contribution >= 0.6 is 22.9 Å². The SMILES string of the molecule is CN(CC(=O)Nc1ccc(Cl)c(C(F)(F)F)c1)C(=O)c1ccc2ncsc2c1. The van der Waals surface area contributed by atoms with E-state index in [-0.39, 0.29) is 12.2 Å². The Morgan fingerprint density at radius 3 is 2.68 bits per heavy atom. The van der Waals surface area contributed by atoms with Crippen LogP contribution in [0.4, 0.5) is 18.9 Å². The number of anilines is 1. The number of aromatic nitrogens is 1. The van der Waals surface area contributed by atoms with Crippen LogP contribution in [0.5, 0.6) is 0 Å². The van der Waals surface area contributed by atoms with E-state index in [0.717, 1.165) is 22.3 Å². The number of rotatable bonds is 4. The summed E-state index contributed by atoms with van der Waals surface area (Å²) in [6, 6.07) is 8.05. The molecule has 2 aromatic carbocycles. The smallest absolute Gasteiger partial charge is 0.332 e. The molecule has 0 bridgehead atoms. The molecule has 1 heterocycles. The van der Waals surface area contributed by atoms with Crippen LogP contribution in [-0.2, 0) is 11.0 Å². The lowest BCUT2D eigenvalue weighted by Crippen LogP contribution is -2.34. The Morgan fingerprint density at radius 2 is 1.96 bits per heavy atom. The lowest BCUT2D eigenvalue weighted by molar-refractivity contribution is -0.137. The zero-order chi connectivity index (χ0) is 20.5. The fraction of sp³-hybridized carbons (Fsp3) is 0.167. The molecule has 0 unspecified atom stereocenters. The Hall–Kier alpha value is -2.65. The number of hydrogen-bond donors (Lipinski definition) is 1. The van der Waals surface area contributed by atoms with Gasteiger partial charge >= 0.3 is 6.18 Å². The molecule has 1 aromatic heterocycles. The van der Waals surface area contributed by atoms with Gasteiger partial charge in [0, 0.05) is 18.3 Å². The van der Waals surface area contributed by atoms with Crippen LogP contribution in [0.25, 0.3) is 10.2 Å². The van der Waals surface area contributed by atoms with Crippen molar-refractivity contribution in [3.8, 4) is 0 Å². The van der Waals surface area contributed by atoms with Crippen molar-refractivity contribution in [1.82, 2.24) is 9.88 Å². The maximum Gasteiger partial charge on any atom is 0.417 e. The topological polar surface area (TPSA) is 62.3 Å². The lowest BCUT2D eigenvalue weighted by atomic mass is 10.2. The summed E-state index contributed by atoms with van der Waals surface area (Å²) in [5.74, 6) is -1.03. The Balaban J connectivity index is 1.68. The summed E-state index contributed by atoms with van der Waals surface area (Å²) in [4.78, 5) is 29.9. The van der Waals surface area contributed by atoms with Gasteiger partial charge in [-0.25, -0.2) is 4.98 Å². The number of benzene rings is 2. The number of likely N-dealkylation sites (N-methyl/N-ethyl adjacent to an activating group) is 1. The number of carbonyl (C=O) groups is 2. The minimum Gasteiger partial charge on any atom is -0.332 e. The van der Waals surface area contributed by atoms with E-state index in [4.69, 9.17) is 11.6 Å². The van der Waals surface area contributed by atoms with Gasteiger partial charge in [-0.1, -0.05) is 11.6 Å². The van der Waals surface area contributed by atoms with Crippen molar-refractivity contribution in [3.05, 3.63) is 58.1 Å². The molecule has 3 rings (SSSR count). The first-order valence-corrected chi connectivity index (χ1v) is 9.16. The molecule has 0 fully saturated rings. The van der Waals surface area contributed by atoms with E-state index in [9.17, 15) is 22.8 Å². The molecule has 0 spiro atoms. The van der Waals surface area contributed by atoms with Crippen LogP contribution in [0.3, 0.4) is 0 Å². The molecule has 146 valence electrons. The second-order valence-electron chi connectivity index (χ2n) is 5.94. The minimum atomic E-state index is -4.64. The molecule has 0 saturated carbocycles. The van der Waals surface area contributed by atoms with Crippen LogP contribution in [0.1, 0.15) is 15.9 Å².